The number of piperidine rings is 2. The molecule has 0 bridgehead atoms. The molecular formula is C28H36F3N5O3. The zero-order valence-corrected chi connectivity index (χ0v) is 22.1. The second-order valence-corrected chi connectivity index (χ2v) is 10.9. The highest BCUT2D eigenvalue weighted by atomic mass is 19.4. The van der Waals surface area contributed by atoms with Gasteiger partial charge in [0.1, 0.15) is 5.82 Å². The van der Waals surface area contributed by atoms with Gasteiger partial charge in [-0.05, 0) is 56.6 Å². The van der Waals surface area contributed by atoms with Crippen molar-refractivity contribution in [3.8, 4) is 0 Å². The molecule has 2 aliphatic heterocycles. The number of rotatable bonds is 7. The molecule has 2 aromatic heterocycles. The van der Waals surface area contributed by atoms with Gasteiger partial charge < -0.3 is 19.5 Å². The van der Waals surface area contributed by atoms with Gasteiger partial charge in [-0.3, -0.25) is 9.59 Å². The molecule has 0 spiro atoms. The van der Waals surface area contributed by atoms with E-state index in [1.807, 2.05) is 0 Å². The van der Waals surface area contributed by atoms with Crippen LogP contribution in [0, 0.1) is 5.92 Å². The van der Waals surface area contributed by atoms with E-state index in [-0.39, 0.29) is 30.3 Å². The van der Waals surface area contributed by atoms with Gasteiger partial charge in [-0.15, -0.1) is 0 Å². The van der Waals surface area contributed by atoms with Crippen molar-refractivity contribution < 1.29 is 27.2 Å². The average molecular weight is 548 g/mol. The van der Waals surface area contributed by atoms with Gasteiger partial charge in [0.05, 0.1) is 0 Å². The third-order valence-electron chi connectivity index (χ3n) is 8.08. The highest BCUT2D eigenvalue weighted by Crippen LogP contribution is 2.35. The van der Waals surface area contributed by atoms with Crippen LogP contribution in [0.25, 0.3) is 0 Å². The lowest BCUT2D eigenvalue weighted by molar-refractivity contribution is -0.141. The minimum Gasteiger partial charge on any atom is -0.420 e. The number of pyridine rings is 1. The lowest BCUT2D eigenvalue weighted by Gasteiger charge is -2.34. The van der Waals surface area contributed by atoms with E-state index in [0.29, 0.717) is 18.7 Å². The number of hydrogen-bond donors (Lipinski definition) is 1. The minimum atomic E-state index is -4.79. The molecule has 212 valence electrons. The Bertz CT molecular complexity index is 1130. The van der Waals surface area contributed by atoms with Crippen LogP contribution in [0.5, 0.6) is 0 Å². The SMILES string of the molecule is O=C(Cc1ccc(N2CCC(NC(=O)C3CCCCC3)CC2)nc1)c1oc(N2CCCCC2)nc1C(F)(F)F. The molecule has 8 nitrogen and oxygen atoms in total. The predicted molar refractivity (Wildman–Crippen MR) is 140 cm³/mol. The maximum Gasteiger partial charge on any atom is 0.437 e. The molecule has 11 heteroatoms. The number of nitrogens with one attached hydrogen (secondary N) is 1. The van der Waals surface area contributed by atoms with Gasteiger partial charge in [-0.1, -0.05) is 25.3 Å². The van der Waals surface area contributed by atoms with E-state index in [4.69, 9.17) is 4.42 Å². The van der Waals surface area contributed by atoms with E-state index < -0.39 is 23.4 Å². The summed E-state index contributed by atoms with van der Waals surface area (Å²) in [5.41, 5.74) is -0.765. The van der Waals surface area contributed by atoms with Crippen molar-refractivity contribution in [1.29, 1.82) is 0 Å². The van der Waals surface area contributed by atoms with E-state index in [1.165, 1.54) is 12.6 Å². The maximum absolute atomic E-state index is 13.6. The molecule has 0 aromatic carbocycles. The Morgan fingerprint density at radius 2 is 1.62 bits per heavy atom. The molecular weight excluding hydrogens is 511 g/mol. The van der Waals surface area contributed by atoms with E-state index in [1.54, 1.807) is 17.0 Å². The number of alkyl halides is 3. The van der Waals surface area contributed by atoms with Crippen LogP contribution in [0.2, 0.25) is 0 Å². The maximum atomic E-state index is 13.6. The molecule has 1 saturated carbocycles. The molecule has 0 unspecified atom stereocenters. The number of aromatic nitrogens is 2. The van der Waals surface area contributed by atoms with E-state index >= 15 is 0 Å². The molecule has 0 radical (unpaired) electrons. The van der Waals surface area contributed by atoms with Gasteiger partial charge in [0.2, 0.25) is 17.5 Å². The van der Waals surface area contributed by atoms with Crippen molar-refractivity contribution in [3.05, 3.63) is 35.3 Å². The van der Waals surface area contributed by atoms with Crippen LogP contribution < -0.4 is 15.1 Å². The first-order valence-corrected chi connectivity index (χ1v) is 14.1. The molecule has 1 amide bonds. The zero-order chi connectivity index (χ0) is 27.4. The molecule has 3 fully saturated rings. The fraction of sp³-hybridized carbons (Fsp3) is 0.643. The lowest BCUT2D eigenvalue weighted by Crippen LogP contribution is -2.46. The van der Waals surface area contributed by atoms with Crippen molar-refractivity contribution in [2.45, 2.75) is 82.8 Å². The minimum absolute atomic E-state index is 0.141. The lowest BCUT2D eigenvalue weighted by atomic mass is 9.88. The summed E-state index contributed by atoms with van der Waals surface area (Å²) >= 11 is 0. The van der Waals surface area contributed by atoms with Crippen molar-refractivity contribution in [2.75, 3.05) is 36.0 Å². The summed E-state index contributed by atoms with van der Waals surface area (Å²) in [6.07, 6.45) is 6.27. The summed E-state index contributed by atoms with van der Waals surface area (Å²) in [5, 5.41) is 3.22. The van der Waals surface area contributed by atoms with E-state index in [2.05, 4.69) is 20.2 Å². The first-order valence-electron chi connectivity index (χ1n) is 14.1. The molecule has 0 atom stereocenters. The van der Waals surface area contributed by atoms with Gasteiger partial charge in [0, 0.05) is 50.8 Å². The smallest absolute Gasteiger partial charge is 0.420 e. The van der Waals surface area contributed by atoms with Crippen LogP contribution >= 0.6 is 0 Å². The summed E-state index contributed by atoms with van der Waals surface area (Å²) in [5.74, 6) is -0.448. The number of amides is 1. The third-order valence-corrected chi connectivity index (χ3v) is 8.08. The zero-order valence-electron chi connectivity index (χ0n) is 22.1. The Hall–Kier alpha value is -3.11. The van der Waals surface area contributed by atoms with Crippen molar-refractivity contribution in [2.24, 2.45) is 5.92 Å². The average Bonchev–Trinajstić information content (AvgIpc) is 3.42. The van der Waals surface area contributed by atoms with Crippen molar-refractivity contribution in [1.82, 2.24) is 15.3 Å². The molecule has 1 N–H and O–H groups in total. The first-order chi connectivity index (χ1) is 18.8. The van der Waals surface area contributed by atoms with Crippen LogP contribution in [-0.4, -0.2) is 53.9 Å². The van der Waals surface area contributed by atoms with Crippen LogP contribution in [0.1, 0.15) is 86.0 Å². The number of nitrogens with zero attached hydrogens (tertiary/aromatic N) is 4. The summed E-state index contributed by atoms with van der Waals surface area (Å²) in [6, 6.07) is 3.52. The third kappa shape index (κ3) is 6.73. The molecule has 2 saturated heterocycles. The fourth-order valence-corrected chi connectivity index (χ4v) is 5.82. The summed E-state index contributed by atoms with van der Waals surface area (Å²) < 4.78 is 46.3. The Morgan fingerprint density at radius 1 is 0.923 bits per heavy atom. The number of carbonyl (C=O) groups excluding carboxylic acids is 2. The Labute approximate surface area is 226 Å². The second-order valence-electron chi connectivity index (χ2n) is 10.9. The number of oxazole rings is 1. The molecule has 4 heterocycles. The number of hydrogen-bond acceptors (Lipinski definition) is 7. The van der Waals surface area contributed by atoms with Gasteiger partial charge in [-0.2, -0.15) is 18.2 Å². The molecule has 1 aliphatic carbocycles. The predicted octanol–water partition coefficient (Wildman–Crippen LogP) is 5.17. The van der Waals surface area contributed by atoms with Gasteiger partial charge in [0.25, 0.3) is 6.01 Å². The van der Waals surface area contributed by atoms with Gasteiger partial charge >= 0.3 is 6.18 Å². The normalized spacial score (nSPS) is 19.8. The monoisotopic (exact) mass is 547 g/mol. The topological polar surface area (TPSA) is 91.6 Å². The number of Topliss-reactive ketones (excluding diaryl/α,β-unsaturated/α-hetero) is 1. The number of halogens is 3. The second kappa shape index (κ2) is 12.0. The van der Waals surface area contributed by atoms with Crippen molar-refractivity contribution >= 4 is 23.5 Å². The van der Waals surface area contributed by atoms with Crippen molar-refractivity contribution in [3.63, 3.8) is 0 Å². The molecule has 2 aromatic rings. The highest BCUT2D eigenvalue weighted by Gasteiger charge is 2.41. The van der Waals surface area contributed by atoms with E-state index in [9.17, 15) is 22.8 Å². The molecule has 39 heavy (non-hydrogen) atoms. The van der Waals surface area contributed by atoms with Gasteiger partial charge in [0.15, 0.2) is 5.69 Å². The highest BCUT2D eigenvalue weighted by molar-refractivity contribution is 5.96. The standard InChI is InChI=1S/C28H36F3N5O3/c29-28(30,31)25-24(39-27(34-25)36-13-5-2-6-14-36)22(37)17-19-9-10-23(32-18-19)35-15-11-21(12-16-35)33-26(38)20-7-3-1-4-8-20/h9-10,18,20-21H,1-8,11-17H2,(H,33,38). The summed E-state index contributed by atoms with van der Waals surface area (Å²) in [4.78, 5) is 37.4. The van der Waals surface area contributed by atoms with Crippen LogP contribution in [0.15, 0.2) is 22.7 Å². The number of anilines is 2. The quantitative estimate of drug-likeness (QED) is 0.478. The summed E-state index contributed by atoms with van der Waals surface area (Å²) in [7, 11) is 0. The van der Waals surface area contributed by atoms with Crippen LogP contribution in [-0.2, 0) is 17.4 Å². The number of ketones is 1. The number of carbonyl (C=O) groups is 2. The Morgan fingerprint density at radius 3 is 2.26 bits per heavy atom. The largest absolute Gasteiger partial charge is 0.437 e. The summed E-state index contributed by atoms with van der Waals surface area (Å²) in [6.45, 7) is 2.60. The van der Waals surface area contributed by atoms with Crippen LogP contribution in [0.4, 0.5) is 25.0 Å². The Balaban J connectivity index is 1.17. The van der Waals surface area contributed by atoms with Gasteiger partial charge in [-0.25, -0.2) is 4.98 Å². The first kappa shape index (κ1) is 27.5. The molecule has 3 aliphatic rings. The fourth-order valence-electron chi connectivity index (χ4n) is 5.82. The van der Waals surface area contributed by atoms with E-state index in [0.717, 1.165) is 76.7 Å². The Kier molecular flexibility index (Phi) is 8.42. The molecule has 5 rings (SSSR count). The van der Waals surface area contributed by atoms with Crippen LogP contribution in [0.3, 0.4) is 0 Å².